The Morgan fingerprint density at radius 3 is 2.03 bits per heavy atom. The Morgan fingerprint density at radius 2 is 1.33 bits per heavy atom. The van der Waals surface area contributed by atoms with Crippen LogP contribution in [0, 0.1) is 0 Å². The fraction of sp³-hybridized carbons (Fsp3) is 0.143. The van der Waals surface area contributed by atoms with Crippen molar-refractivity contribution in [2.24, 2.45) is 0 Å². The number of fused-ring (bicyclic) bond motifs is 1. The predicted molar refractivity (Wildman–Crippen MR) is 123 cm³/mol. The number of hydrogen-bond acceptors (Lipinski definition) is 2. The summed E-state index contributed by atoms with van der Waals surface area (Å²) in [6, 6.07) is 29.8. The summed E-state index contributed by atoms with van der Waals surface area (Å²) in [5, 5.41) is 2.15. The third-order valence-electron chi connectivity index (χ3n) is 5.55. The number of aryl methyl sites for hydroxylation is 1. The lowest BCUT2D eigenvalue weighted by Gasteiger charge is -2.09. The molecule has 0 unspecified atom stereocenters. The molecule has 0 bridgehead atoms. The van der Waals surface area contributed by atoms with Gasteiger partial charge in [0.15, 0.2) is 11.6 Å². The van der Waals surface area contributed by atoms with Crippen LogP contribution < -0.4 is 0 Å². The van der Waals surface area contributed by atoms with Gasteiger partial charge in [0.25, 0.3) is 0 Å². The molecule has 0 aromatic heterocycles. The van der Waals surface area contributed by atoms with E-state index in [4.69, 9.17) is 0 Å². The summed E-state index contributed by atoms with van der Waals surface area (Å²) in [5.74, 6) is 0.00931. The van der Waals surface area contributed by atoms with Gasteiger partial charge in [-0.25, -0.2) is 0 Å². The molecule has 0 saturated carbocycles. The molecule has 0 fully saturated rings. The Morgan fingerprint density at radius 1 is 0.667 bits per heavy atom. The summed E-state index contributed by atoms with van der Waals surface area (Å²) in [7, 11) is 0. The van der Waals surface area contributed by atoms with E-state index < -0.39 is 0 Å². The molecule has 4 rings (SSSR count). The molecule has 2 heteroatoms. The second-order valence-corrected chi connectivity index (χ2v) is 7.50. The lowest BCUT2D eigenvalue weighted by Crippen LogP contribution is -2.05. The maximum Gasteiger partial charge on any atom is 0.163 e. The van der Waals surface area contributed by atoms with E-state index in [0.717, 1.165) is 28.3 Å². The second kappa shape index (κ2) is 8.87. The van der Waals surface area contributed by atoms with E-state index in [1.165, 1.54) is 5.56 Å². The monoisotopic (exact) mass is 392 g/mol. The number of ketones is 2. The zero-order valence-corrected chi connectivity index (χ0v) is 17.1. The molecule has 0 aliphatic heterocycles. The van der Waals surface area contributed by atoms with Crippen LogP contribution in [-0.2, 0) is 6.42 Å². The van der Waals surface area contributed by atoms with Gasteiger partial charge in [0.05, 0.1) is 0 Å². The van der Waals surface area contributed by atoms with Gasteiger partial charge >= 0.3 is 0 Å². The highest BCUT2D eigenvalue weighted by atomic mass is 16.1. The normalized spacial score (nSPS) is 10.8. The highest BCUT2D eigenvalue weighted by molar-refractivity contribution is 6.06. The molecule has 0 heterocycles. The smallest absolute Gasteiger partial charge is 0.163 e. The maximum atomic E-state index is 12.8. The van der Waals surface area contributed by atoms with Gasteiger partial charge in [0.2, 0.25) is 0 Å². The Labute approximate surface area is 177 Å². The topological polar surface area (TPSA) is 34.1 Å². The van der Waals surface area contributed by atoms with Gasteiger partial charge in [-0.2, -0.15) is 0 Å². The molecule has 0 radical (unpaired) electrons. The van der Waals surface area contributed by atoms with Crippen LogP contribution in [0.15, 0.2) is 91.0 Å². The van der Waals surface area contributed by atoms with Crippen LogP contribution in [0.2, 0.25) is 0 Å². The van der Waals surface area contributed by atoms with Crippen molar-refractivity contribution in [3.05, 3.63) is 108 Å². The van der Waals surface area contributed by atoms with E-state index in [1.54, 1.807) is 0 Å². The summed E-state index contributed by atoms with van der Waals surface area (Å²) in [5.41, 5.74) is 4.76. The third kappa shape index (κ3) is 4.23. The number of rotatable bonds is 7. The van der Waals surface area contributed by atoms with E-state index in [-0.39, 0.29) is 24.4 Å². The Hall–Kier alpha value is -3.52. The van der Waals surface area contributed by atoms with Gasteiger partial charge in [-0.15, -0.1) is 0 Å². The average Bonchev–Trinajstić information content (AvgIpc) is 2.82. The molecular weight excluding hydrogens is 368 g/mol. The number of carbonyl (C=O) groups is 2. The summed E-state index contributed by atoms with van der Waals surface area (Å²) < 4.78 is 0. The zero-order valence-electron chi connectivity index (χ0n) is 17.1. The summed E-state index contributed by atoms with van der Waals surface area (Å²) >= 11 is 0. The van der Waals surface area contributed by atoms with E-state index in [9.17, 15) is 9.59 Å². The molecule has 0 aliphatic rings. The van der Waals surface area contributed by atoms with Gasteiger partial charge in [-0.05, 0) is 39.9 Å². The SMILES string of the molecule is CCc1ccc(C(=O)CCC(=O)c2ccc3cccc(-c4ccccc4)c3c2)cc1. The number of Topliss-reactive ketones (excluding diaryl/α,β-unsaturated/α-hetero) is 2. The van der Waals surface area contributed by atoms with E-state index >= 15 is 0 Å². The largest absolute Gasteiger partial charge is 0.294 e. The molecular formula is C28H24O2. The summed E-state index contributed by atoms with van der Waals surface area (Å²) in [6.07, 6.45) is 1.38. The molecule has 0 amide bonds. The number of carbonyl (C=O) groups excluding carboxylic acids is 2. The molecule has 4 aromatic rings. The highest BCUT2D eigenvalue weighted by Crippen LogP contribution is 2.29. The molecule has 0 saturated heterocycles. The van der Waals surface area contributed by atoms with Crippen LogP contribution in [0.3, 0.4) is 0 Å². The summed E-state index contributed by atoms with van der Waals surface area (Å²) in [6.45, 7) is 2.09. The minimum Gasteiger partial charge on any atom is -0.294 e. The standard InChI is InChI=1S/C28H24O2/c1-2-20-11-13-23(14-12-20)27(29)17-18-28(30)24-16-15-22-9-6-10-25(26(22)19-24)21-7-4-3-5-8-21/h3-16,19H,2,17-18H2,1H3. The molecule has 0 spiro atoms. The first kappa shape index (κ1) is 19.8. The Bertz CT molecular complexity index is 1190. The lowest BCUT2D eigenvalue weighted by molar-refractivity contribution is 0.0917. The zero-order chi connectivity index (χ0) is 20.9. The van der Waals surface area contributed by atoms with E-state index in [0.29, 0.717) is 11.1 Å². The highest BCUT2D eigenvalue weighted by Gasteiger charge is 2.13. The minimum absolute atomic E-state index is 0.00158. The van der Waals surface area contributed by atoms with Crippen molar-refractivity contribution in [3.63, 3.8) is 0 Å². The van der Waals surface area contributed by atoms with Gasteiger partial charge in [0, 0.05) is 24.0 Å². The second-order valence-electron chi connectivity index (χ2n) is 7.50. The van der Waals surface area contributed by atoms with Gasteiger partial charge in [0.1, 0.15) is 0 Å². The molecule has 30 heavy (non-hydrogen) atoms. The lowest BCUT2D eigenvalue weighted by atomic mass is 9.94. The van der Waals surface area contributed by atoms with Crippen molar-refractivity contribution in [3.8, 4) is 11.1 Å². The summed E-state index contributed by atoms with van der Waals surface area (Å²) in [4.78, 5) is 25.3. The van der Waals surface area contributed by atoms with Gasteiger partial charge < -0.3 is 0 Å². The number of hydrogen-bond donors (Lipinski definition) is 0. The van der Waals surface area contributed by atoms with Crippen molar-refractivity contribution in [1.82, 2.24) is 0 Å². The van der Waals surface area contributed by atoms with Crippen molar-refractivity contribution in [2.75, 3.05) is 0 Å². The Kier molecular flexibility index (Phi) is 5.85. The number of benzene rings is 4. The first-order valence-electron chi connectivity index (χ1n) is 10.4. The minimum atomic E-state index is -0.00158. The van der Waals surface area contributed by atoms with E-state index in [1.807, 2.05) is 66.7 Å². The first-order chi connectivity index (χ1) is 14.7. The maximum absolute atomic E-state index is 12.8. The fourth-order valence-electron chi connectivity index (χ4n) is 3.76. The third-order valence-corrected chi connectivity index (χ3v) is 5.55. The molecule has 2 nitrogen and oxygen atoms in total. The van der Waals surface area contributed by atoms with Crippen molar-refractivity contribution in [1.29, 1.82) is 0 Å². The predicted octanol–water partition coefficient (Wildman–Crippen LogP) is 6.92. The van der Waals surface area contributed by atoms with Crippen LogP contribution in [0.1, 0.15) is 46.0 Å². The average molecular weight is 392 g/mol. The van der Waals surface area contributed by atoms with Crippen LogP contribution in [-0.4, -0.2) is 11.6 Å². The van der Waals surface area contributed by atoms with E-state index in [2.05, 4.69) is 31.2 Å². The van der Waals surface area contributed by atoms with Crippen LogP contribution >= 0.6 is 0 Å². The quantitative estimate of drug-likeness (QED) is 0.320. The van der Waals surface area contributed by atoms with Crippen molar-refractivity contribution in [2.45, 2.75) is 26.2 Å². The van der Waals surface area contributed by atoms with Crippen molar-refractivity contribution < 1.29 is 9.59 Å². The molecule has 148 valence electrons. The molecule has 0 atom stereocenters. The molecule has 0 aliphatic carbocycles. The molecule has 0 N–H and O–H groups in total. The Balaban J connectivity index is 1.54. The van der Waals surface area contributed by atoms with Crippen LogP contribution in [0.4, 0.5) is 0 Å². The van der Waals surface area contributed by atoms with Crippen molar-refractivity contribution >= 4 is 22.3 Å². The molecule has 4 aromatic carbocycles. The van der Waals surface area contributed by atoms with Gasteiger partial charge in [-0.3, -0.25) is 9.59 Å². The van der Waals surface area contributed by atoms with Gasteiger partial charge in [-0.1, -0.05) is 91.9 Å². The van der Waals surface area contributed by atoms with Crippen LogP contribution in [0.5, 0.6) is 0 Å². The fourth-order valence-corrected chi connectivity index (χ4v) is 3.76. The van der Waals surface area contributed by atoms with Crippen LogP contribution in [0.25, 0.3) is 21.9 Å². The first-order valence-corrected chi connectivity index (χ1v) is 10.4.